The van der Waals surface area contributed by atoms with E-state index in [1.807, 2.05) is 44.3 Å². The first-order valence-electron chi connectivity index (χ1n) is 7.12. The van der Waals surface area contributed by atoms with Crippen molar-refractivity contribution in [3.05, 3.63) is 41.7 Å². The number of carbonyl (C=O) groups is 2. The van der Waals surface area contributed by atoms with Gasteiger partial charge in [-0.2, -0.15) is 0 Å². The average molecular weight is 333 g/mol. The molecule has 0 bridgehead atoms. The maximum absolute atomic E-state index is 12.0. The molecule has 2 N–H and O–H groups in total. The largest absolute Gasteiger partial charge is 0.334 e. The predicted molar refractivity (Wildman–Crippen MR) is 87.9 cm³/mol. The van der Waals surface area contributed by atoms with Crippen molar-refractivity contribution >= 4 is 23.7 Å². The van der Waals surface area contributed by atoms with Gasteiger partial charge < -0.3 is 9.88 Å². The monoisotopic (exact) mass is 333 g/mol. The van der Waals surface area contributed by atoms with Gasteiger partial charge in [0.25, 0.3) is 0 Å². The van der Waals surface area contributed by atoms with Gasteiger partial charge in [-0.25, -0.2) is 4.79 Å². The number of rotatable bonds is 5. The van der Waals surface area contributed by atoms with E-state index in [4.69, 9.17) is 0 Å². The first-order chi connectivity index (χ1) is 11.0. The molecule has 122 valence electrons. The Labute approximate surface area is 138 Å². The Morgan fingerprint density at radius 2 is 1.96 bits per heavy atom. The van der Waals surface area contributed by atoms with E-state index in [0.717, 1.165) is 11.4 Å². The van der Waals surface area contributed by atoms with E-state index >= 15 is 0 Å². The standard InChI is InChI=1S/C15H19N5O2S/c1-10(23-15-19-18-11(2)20(15)3)13(21)17-14(22)16-9-12-7-5-4-6-8-12/h4-8,10H,9H2,1-3H3,(H2,16,17,21,22)/t10-/m0/s1. The second-order valence-corrected chi connectivity index (χ2v) is 6.31. The van der Waals surface area contributed by atoms with Gasteiger partial charge in [0.2, 0.25) is 5.91 Å². The minimum atomic E-state index is -0.513. The van der Waals surface area contributed by atoms with E-state index in [-0.39, 0.29) is 5.91 Å². The van der Waals surface area contributed by atoms with Crippen LogP contribution in [0.15, 0.2) is 35.5 Å². The summed E-state index contributed by atoms with van der Waals surface area (Å²) >= 11 is 1.25. The fourth-order valence-corrected chi connectivity index (χ4v) is 2.60. The number of nitrogens with one attached hydrogen (secondary N) is 2. The number of urea groups is 1. The maximum atomic E-state index is 12.0. The molecule has 0 aliphatic heterocycles. The summed E-state index contributed by atoms with van der Waals surface area (Å²) in [4.78, 5) is 23.8. The van der Waals surface area contributed by atoms with Crippen LogP contribution in [0, 0.1) is 6.92 Å². The number of imide groups is 1. The first kappa shape index (κ1) is 17.0. The molecule has 0 unspecified atom stereocenters. The number of thioether (sulfide) groups is 1. The van der Waals surface area contributed by atoms with Crippen LogP contribution in [0.1, 0.15) is 18.3 Å². The Bertz CT molecular complexity index is 686. The molecular weight excluding hydrogens is 314 g/mol. The topological polar surface area (TPSA) is 88.9 Å². The number of aryl methyl sites for hydroxylation is 1. The quantitative estimate of drug-likeness (QED) is 0.812. The highest BCUT2D eigenvalue weighted by Crippen LogP contribution is 2.21. The van der Waals surface area contributed by atoms with Crippen LogP contribution >= 0.6 is 11.8 Å². The number of nitrogens with zero attached hydrogens (tertiary/aromatic N) is 3. The Hall–Kier alpha value is -2.35. The van der Waals surface area contributed by atoms with Crippen molar-refractivity contribution in [3.63, 3.8) is 0 Å². The molecule has 0 fully saturated rings. The first-order valence-corrected chi connectivity index (χ1v) is 8.00. The number of carbonyl (C=O) groups excluding carboxylic acids is 2. The Morgan fingerprint density at radius 3 is 2.57 bits per heavy atom. The number of hydrogen-bond donors (Lipinski definition) is 2. The van der Waals surface area contributed by atoms with Gasteiger partial charge in [-0.15, -0.1) is 10.2 Å². The third-order valence-electron chi connectivity index (χ3n) is 3.24. The molecule has 1 aromatic carbocycles. The predicted octanol–water partition coefficient (Wildman–Crippen LogP) is 1.63. The summed E-state index contributed by atoms with van der Waals surface area (Å²) in [5, 5.41) is 13.1. The molecule has 0 radical (unpaired) electrons. The molecule has 1 aromatic heterocycles. The molecule has 2 aromatic rings. The van der Waals surface area contributed by atoms with Gasteiger partial charge in [0.1, 0.15) is 5.82 Å². The lowest BCUT2D eigenvalue weighted by molar-refractivity contribution is -0.119. The number of benzene rings is 1. The maximum Gasteiger partial charge on any atom is 0.321 e. The van der Waals surface area contributed by atoms with Gasteiger partial charge in [0.05, 0.1) is 5.25 Å². The van der Waals surface area contributed by atoms with E-state index in [9.17, 15) is 9.59 Å². The SMILES string of the molecule is Cc1nnc(S[C@@H](C)C(=O)NC(=O)NCc2ccccc2)n1C. The van der Waals surface area contributed by atoms with E-state index < -0.39 is 11.3 Å². The number of amides is 3. The van der Waals surface area contributed by atoms with E-state index in [1.165, 1.54) is 11.8 Å². The normalized spacial score (nSPS) is 11.8. The second kappa shape index (κ2) is 7.77. The van der Waals surface area contributed by atoms with Crippen LogP contribution in [-0.4, -0.2) is 32.0 Å². The molecule has 0 aliphatic rings. The van der Waals surface area contributed by atoms with Crippen LogP contribution in [0.2, 0.25) is 0 Å². The molecule has 2 rings (SSSR count). The van der Waals surface area contributed by atoms with Gasteiger partial charge in [0.15, 0.2) is 5.16 Å². The molecule has 8 heteroatoms. The summed E-state index contributed by atoms with van der Waals surface area (Å²) in [7, 11) is 1.83. The Balaban J connectivity index is 1.81. The van der Waals surface area contributed by atoms with Crippen molar-refractivity contribution < 1.29 is 9.59 Å². The molecule has 0 spiro atoms. The average Bonchev–Trinajstić information content (AvgIpc) is 2.86. The van der Waals surface area contributed by atoms with Gasteiger partial charge in [-0.1, -0.05) is 42.1 Å². The lowest BCUT2D eigenvalue weighted by atomic mass is 10.2. The highest BCUT2D eigenvalue weighted by atomic mass is 32.2. The molecule has 0 saturated heterocycles. The second-order valence-electron chi connectivity index (χ2n) is 5.01. The summed E-state index contributed by atoms with van der Waals surface area (Å²) in [6.07, 6.45) is 0. The van der Waals surface area contributed by atoms with Crippen molar-refractivity contribution in [3.8, 4) is 0 Å². The fraction of sp³-hybridized carbons (Fsp3) is 0.333. The van der Waals surface area contributed by atoms with E-state index in [1.54, 1.807) is 11.5 Å². The third-order valence-corrected chi connectivity index (χ3v) is 4.37. The van der Waals surface area contributed by atoms with Crippen molar-refractivity contribution in [2.75, 3.05) is 0 Å². The highest BCUT2D eigenvalue weighted by Gasteiger charge is 2.19. The van der Waals surface area contributed by atoms with Crippen molar-refractivity contribution in [1.29, 1.82) is 0 Å². The van der Waals surface area contributed by atoms with Gasteiger partial charge in [0, 0.05) is 13.6 Å². The number of aromatic nitrogens is 3. The zero-order valence-electron chi connectivity index (χ0n) is 13.2. The number of hydrogen-bond acceptors (Lipinski definition) is 5. The van der Waals surface area contributed by atoms with Crippen molar-refractivity contribution in [1.82, 2.24) is 25.4 Å². The van der Waals surface area contributed by atoms with E-state index in [2.05, 4.69) is 20.8 Å². The molecule has 1 heterocycles. The minimum absolute atomic E-state index is 0.365. The van der Waals surface area contributed by atoms with Crippen LogP contribution in [0.5, 0.6) is 0 Å². The van der Waals surface area contributed by atoms with Crippen LogP contribution in [0.4, 0.5) is 4.79 Å². The summed E-state index contributed by atoms with van der Waals surface area (Å²) in [6.45, 7) is 3.91. The molecule has 0 aliphatic carbocycles. The zero-order valence-corrected chi connectivity index (χ0v) is 14.1. The lowest BCUT2D eigenvalue weighted by Crippen LogP contribution is -2.42. The smallest absolute Gasteiger partial charge is 0.321 e. The zero-order chi connectivity index (χ0) is 16.8. The minimum Gasteiger partial charge on any atom is -0.334 e. The molecule has 1 atom stereocenters. The molecule has 3 amide bonds. The summed E-state index contributed by atoms with van der Waals surface area (Å²) in [5.41, 5.74) is 0.965. The van der Waals surface area contributed by atoms with Gasteiger partial charge in [-0.3, -0.25) is 10.1 Å². The van der Waals surface area contributed by atoms with Crippen molar-refractivity contribution in [2.24, 2.45) is 7.05 Å². The van der Waals surface area contributed by atoms with Crippen LogP contribution in [0.3, 0.4) is 0 Å². The molecule has 23 heavy (non-hydrogen) atoms. The fourth-order valence-electron chi connectivity index (χ4n) is 1.74. The van der Waals surface area contributed by atoms with Crippen LogP contribution in [0.25, 0.3) is 0 Å². The van der Waals surface area contributed by atoms with Gasteiger partial charge >= 0.3 is 6.03 Å². The Kier molecular flexibility index (Phi) is 5.75. The molecular formula is C15H19N5O2S. The summed E-state index contributed by atoms with van der Waals surface area (Å²) < 4.78 is 1.80. The van der Waals surface area contributed by atoms with Crippen LogP contribution < -0.4 is 10.6 Å². The van der Waals surface area contributed by atoms with E-state index in [0.29, 0.717) is 11.7 Å². The summed E-state index contributed by atoms with van der Waals surface area (Å²) in [6, 6.07) is 8.97. The molecule has 7 nitrogen and oxygen atoms in total. The molecule has 0 saturated carbocycles. The van der Waals surface area contributed by atoms with Crippen LogP contribution in [-0.2, 0) is 18.4 Å². The van der Waals surface area contributed by atoms with Gasteiger partial charge in [-0.05, 0) is 19.4 Å². The van der Waals surface area contributed by atoms with Crippen molar-refractivity contribution in [2.45, 2.75) is 30.8 Å². The third kappa shape index (κ3) is 4.82. The lowest BCUT2D eigenvalue weighted by Gasteiger charge is -2.11. The Morgan fingerprint density at radius 1 is 1.26 bits per heavy atom. The highest BCUT2D eigenvalue weighted by molar-refractivity contribution is 8.00. The summed E-state index contributed by atoms with van der Waals surface area (Å²) in [5.74, 6) is 0.391.